The summed E-state index contributed by atoms with van der Waals surface area (Å²) in [5.74, 6) is 0. The van der Waals surface area contributed by atoms with Gasteiger partial charge in [-0.2, -0.15) is 0 Å². The highest BCUT2D eigenvalue weighted by Gasteiger charge is 2.16. The Labute approximate surface area is 181 Å². The summed E-state index contributed by atoms with van der Waals surface area (Å²) in [6, 6.07) is 22.7. The Morgan fingerprint density at radius 3 is 1.70 bits per heavy atom. The first-order valence-corrected chi connectivity index (χ1v) is 11.2. The van der Waals surface area contributed by atoms with Crippen LogP contribution in [-0.2, 0) is 12.8 Å². The van der Waals surface area contributed by atoms with Gasteiger partial charge >= 0.3 is 0 Å². The quantitative estimate of drug-likeness (QED) is 0.260. The third-order valence-corrected chi connectivity index (χ3v) is 6.20. The zero-order chi connectivity index (χ0) is 21.1. The van der Waals surface area contributed by atoms with Gasteiger partial charge in [0.25, 0.3) is 0 Å². The van der Waals surface area contributed by atoms with E-state index in [-0.39, 0.29) is 0 Å². The van der Waals surface area contributed by atoms with Crippen LogP contribution < -0.4 is 0 Å². The Hall–Kier alpha value is -2.42. The number of rotatable bonds is 8. The third-order valence-electron chi connectivity index (χ3n) is 6.20. The van der Waals surface area contributed by atoms with Gasteiger partial charge in [0.05, 0.1) is 0 Å². The van der Waals surface area contributed by atoms with Gasteiger partial charge in [-0.15, -0.1) is 0 Å². The minimum Gasteiger partial charge on any atom is -0.309 e. The molecule has 4 aromatic rings. The van der Waals surface area contributed by atoms with Gasteiger partial charge in [-0.3, -0.25) is 0 Å². The molecule has 0 aliphatic heterocycles. The van der Waals surface area contributed by atoms with Crippen molar-refractivity contribution in [2.24, 2.45) is 0 Å². The van der Waals surface area contributed by atoms with E-state index in [1.54, 1.807) is 0 Å². The maximum Gasteiger partial charge on any atom is -0.00217 e. The van der Waals surface area contributed by atoms with Crippen LogP contribution in [-0.4, -0.2) is 51.1 Å². The van der Waals surface area contributed by atoms with Crippen LogP contribution in [0, 0.1) is 0 Å². The average molecular weight is 399 g/mol. The van der Waals surface area contributed by atoms with Crippen molar-refractivity contribution in [1.82, 2.24) is 9.80 Å². The van der Waals surface area contributed by atoms with Crippen molar-refractivity contribution < 1.29 is 0 Å². The predicted molar refractivity (Wildman–Crippen MR) is 133 cm³/mol. The van der Waals surface area contributed by atoms with Crippen molar-refractivity contribution in [2.75, 3.05) is 41.3 Å². The average Bonchev–Trinajstić information content (AvgIpc) is 2.74. The summed E-state index contributed by atoms with van der Waals surface area (Å²) >= 11 is 0. The maximum atomic E-state index is 2.38. The second-order valence-corrected chi connectivity index (χ2v) is 9.03. The molecule has 0 saturated carbocycles. The summed E-state index contributed by atoms with van der Waals surface area (Å²) < 4.78 is 0. The molecule has 0 N–H and O–H groups in total. The number of nitrogens with zero attached hydrogens (tertiary/aromatic N) is 2. The first kappa shape index (κ1) is 20.8. The van der Waals surface area contributed by atoms with E-state index >= 15 is 0 Å². The zero-order valence-electron chi connectivity index (χ0n) is 18.9. The van der Waals surface area contributed by atoms with Gasteiger partial charge < -0.3 is 9.80 Å². The lowest BCUT2D eigenvalue weighted by Crippen LogP contribution is -2.14. The fourth-order valence-corrected chi connectivity index (χ4v) is 4.81. The van der Waals surface area contributed by atoms with Crippen LogP contribution in [0.1, 0.15) is 24.0 Å². The molecule has 0 atom stereocenters. The minimum absolute atomic E-state index is 1.11. The van der Waals surface area contributed by atoms with E-state index in [2.05, 4.69) is 98.7 Å². The molecule has 0 fully saturated rings. The summed E-state index contributed by atoms with van der Waals surface area (Å²) in [5.41, 5.74) is 3.04. The fraction of sp³-hybridized carbons (Fsp3) is 0.357. The van der Waals surface area contributed by atoms with Crippen molar-refractivity contribution in [3.8, 4) is 0 Å². The molecule has 4 rings (SSSR count). The number of hydrogen-bond donors (Lipinski definition) is 0. The van der Waals surface area contributed by atoms with E-state index in [9.17, 15) is 0 Å². The molecule has 0 bridgehead atoms. The predicted octanol–water partition coefficient (Wildman–Crippen LogP) is 6.13. The molecule has 156 valence electrons. The first-order chi connectivity index (χ1) is 14.6. The van der Waals surface area contributed by atoms with Crippen LogP contribution in [0.15, 0.2) is 60.7 Å². The number of hydrogen-bond acceptors (Lipinski definition) is 2. The molecule has 0 aliphatic rings. The smallest absolute Gasteiger partial charge is 0.00217 e. The number of benzene rings is 4. The lowest BCUT2D eigenvalue weighted by Gasteiger charge is -2.20. The van der Waals surface area contributed by atoms with Gasteiger partial charge in [0.15, 0.2) is 0 Å². The standard InChI is InChI=1S/C28H34N2/c1-29(2)19-9-15-25-23-13-7-8-14-24(23)26(16-10-20-30(3)4)28-22-12-6-5-11-21(22)17-18-27(25)28/h5-8,11-14,17-18H,9-10,15-16,19-20H2,1-4H3. The lowest BCUT2D eigenvalue weighted by molar-refractivity contribution is 0.400. The van der Waals surface area contributed by atoms with Crippen molar-refractivity contribution in [3.05, 3.63) is 71.8 Å². The molecular formula is C28H34N2. The van der Waals surface area contributed by atoms with Gasteiger partial charge in [0.1, 0.15) is 0 Å². The minimum atomic E-state index is 1.11. The monoisotopic (exact) mass is 398 g/mol. The van der Waals surface area contributed by atoms with Crippen LogP contribution in [0.25, 0.3) is 32.3 Å². The van der Waals surface area contributed by atoms with Crippen LogP contribution >= 0.6 is 0 Å². The summed E-state index contributed by atoms with van der Waals surface area (Å²) in [7, 11) is 8.66. The van der Waals surface area contributed by atoms with Gasteiger partial charge in [0, 0.05) is 0 Å². The molecule has 0 unspecified atom stereocenters. The van der Waals surface area contributed by atoms with Gasteiger partial charge in [0.2, 0.25) is 0 Å². The molecule has 0 aromatic heterocycles. The lowest BCUT2D eigenvalue weighted by atomic mass is 9.86. The molecule has 2 nitrogen and oxygen atoms in total. The molecule has 0 aliphatic carbocycles. The second kappa shape index (κ2) is 9.16. The molecule has 0 saturated heterocycles. The van der Waals surface area contributed by atoms with Crippen molar-refractivity contribution in [2.45, 2.75) is 25.7 Å². The summed E-state index contributed by atoms with van der Waals surface area (Å²) in [5, 5.41) is 8.55. The second-order valence-electron chi connectivity index (χ2n) is 9.03. The molecule has 0 amide bonds. The van der Waals surface area contributed by atoms with Gasteiger partial charge in [-0.25, -0.2) is 0 Å². The van der Waals surface area contributed by atoms with Crippen LogP contribution in [0.3, 0.4) is 0 Å². The van der Waals surface area contributed by atoms with E-state index in [1.807, 2.05) is 0 Å². The molecule has 4 aromatic carbocycles. The number of aryl methyl sites for hydroxylation is 2. The number of fused-ring (bicyclic) bond motifs is 4. The van der Waals surface area contributed by atoms with E-state index in [0.29, 0.717) is 0 Å². The normalized spacial score (nSPS) is 12.1. The Morgan fingerprint density at radius 2 is 1.07 bits per heavy atom. The topological polar surface area (TPSA) is 6.48 Å². The molecular weight excluding hydrogens is 364 g/mol. The molecule has 30 heavy (non-hydrogen) atoms. The van der Waals surface area contributed by atoms with E-state index in [4.69, 9.17) is 0 Å². The van der Waals surface area contributed by atoms with E-state index < -0.39 is 0 Å². The Bertz CT molecular complexity index is 1160. The summed E-state index contributed by atoms with van der Waals surface area (Å²) in [6.45, 7) is 2.24. The molecule has 0 radical (unpaired) electrons. The van der Waals surface area contributed by atoms with Gasteiger partial charge in [-0.1, -0.05) is 60.7 Å². The highest BCUT2D eigenvalue weighted by molar-refractivity contribution is 6.16. The maximum absolute atomic E-state index is 2.38. The largest absolute Gasteiger partial charge is 0.309 e. The molecule has 2 heteroatoms. The first-order valence-electron chi connectivity index (χ1n) is 11.2. The Balaban J connectivity index is 1.97. The third kappa shape index (κ3) is 4.21. The molecule has 0 spiro atoms. The summed E-state index contributed by atoms with van der Waals surface area (Å²) in [4.78, 5) is 4.58. The van der Waals surface area contributed by atoms with Crippen LogP contribution in [0.2, 0.25) is 0 Å². The zero-order valence-corrected chi connectivity index (χ0v) is 18.9. The molecule has 0 heterocycles. The van der Waals surface area contributed by atoms with Crippen molar-refractivity contribution in [1.29, 1.82) is 0 Å². The highest BCUT2D eigenvalue weighted by Crippen LogP contribution is 2.38. The van der Waals surface area contributed by atoms with E-state index in [0.717, 1.165) is 25.9 Å². The Kier molecular flexibility index (Phi) is 6.36. The Morgan fingerprint density at radius 1 is 0.533 bits per heavy atom. The SMILES string of the molecule is CN(C)CCCc1c2ccccc2c(CCCN(C)C)c2c1ccc1ccccc12. The highest BCUT2D eigenvalue weighted by atomic mass is 15.0. The van der Waals surface area contributed by atoms with Crippen LogP contribution in [0.4, 0.5) is 0 Å². The summed E-state index contributed by atoms with van der Waals surface area (Å²) in [6.07, 6.45) is 4.58. The fourth-order valence-electron chi connectivity index (χ4n) is 4.81. The van der Waals surface area contributed by atoms with Crippen molar-refractivity contribution in [3.63, 3.8) is 0 Å². The van der Waals surface area contributed by atoms with Crippen molar-refractivity contribution >= 4 is 32.3 Å². The van der Waals surface area contributed by atoms with E-state index in [1.165, 1.54) is 56.3 Å². The van der Waals surface area contributed by atoms with Crippen LogP contribution in [0.5, 0.6) is 0 Å². The van der Waals surface area contributed by atoms with Gasteiger partial charge in [-0.05, 0) is 110 Å².